The van der Waals surface area contributed by atoms with Crippen molar-refractivity contribution in [3.8, 4) is 0 Å². The van der Waals surface area contributed by atoms with Gasteiger partial charge in [-0.15, -0.1) is 0 Å². The molecular weight excluding hydrogens is 242 g/mol. The first kappa shape index (κ1) is 14.8. The first-order chi connectivity index (χ1) is 9.06. The Morgan fingerprint density at radius 1 is 1.47 bits per heavy atom. The van der Waals surface area contributed by atoms with Crippen LogP contribution in [0.1, 0.15) is 25.7 Å². The minimum atomic E-state index is -0.345. The molecule has 2 rings (SSSR count). The number of likely N-dealkylation sites (N-methyl/N-ethyl adjacent to an activating group) is 1. The van der Waals surface area contributed by atoms with Gasteiger partial charge in [-0.2, -0.15) is 0 Å². The summed E-state index contributed by atoms with van der Waals surface area (Å²) in [6.45, 7) is 3.50. The second-order valence-corrected chi connectivity index (χ2v) is 6.25. The van der Waals surface area contributed by atoms with Crippen LogP contribution in [0.15, 0.2) is 0 Å². The van der Waals surface area contributed by atoms with E-state index in [1.165, 1.54) is 6.42 Å². The van der Waals surface area contributed by atoms with E-state index in [0.717, 1.165) is 32.5 Å². The fraction of sp³-hybridized carbons (Fsp3) is 0.929. The Kier molecular flexibility index (Phi) is 5.19. The third-order valence-corrected chi connectivity index (χ3v) is 4.22. The van der Waals surface area contributed by atoms with Crippen LogP contribution in [0.2, 0.25) is 0 Å². The quantitative estimate of drug-likeness (QED) is 0.732. The summed E-state index contributed by atoms with van der Waals surface area (Å²) in [6.07, 6.45) is 3.17. The fourth-order valence-corrected chi connectivity index (χ4v) is 3.22. The second-order valence-electron chi connectivity index (χ2n) is 6.25. The average Bonchev–Trinajstić information content (AvgIpc) is 2.95. The Balaban J connectivity index is 1.81. The van der Waals surface area contributed by atoms with E-state index in [1.807, 2.05) is 19.0 Å². The molecule has 110 valence electrons. The van der Waals surface area contributed by atoms with Crippen molar-refractivity contribution in [2.45, 2.75) is 37.8 Å². The van der Waals surface area contributed by atoms with Crippen molar-refractivity contribution >= 4 is 5.91 Å². The summed E-state index contributed by atoms with van der Waals surface area (Å²) in [6, 6.07) is 0.180. The number of aliphatic hydroxyl groups is 1. The summed E-state index contributed by atoms with van der Waals surface area (Å²) >= 11 is 0. The normalized spacial score (nSPS) is 31.4. The molecule has 0 bridgehead atoms. The molecule has 1 amide bonds. The van der Waals surface area contributed by atoms with Crippen molar-refractivity contribution in [2.24, 2.45) is 5.92 Å². The fourth-order valence-electron chi connectivity index (χ4n) is 3.22. The Labute approximate surface area is 115 Å². The van der Waals surface area contributed by atoms with Gasteiger partial charge in [0.15, 0.2) is 0 Å². The van der Waals surface area contributed by atoms with Crippen molar-refractivity contribution in [3.05, 3.63) is 0 Å². The van der Waals surface area contributed by atoms with Crippen molar-refractivity contribution in [1.82, 2.24) is 15.1 Å². The highest BCUT2D eigenvalue weighted by Gasteiger charge is 2.34. The standard InChI is InChI=1S/C14H27N3O2/c1-16(2)9-12-7-13(18)10-17(12)14(19)4-3-11-5-6-15-8-11/h11-13,15,18H,3-10H2,1-2H3. The number of carbonyl (C=O) groups excluding carboxylic acids is 1. The summed E-state index contributed by atoms with van der Waals surface area (Å²) in [5.41, 5.74) is 0. The molecule has 0 saturated carbocycles. The summed E-state index contributed by atoms with van der Waals surface area (Å²) < 4.78 is 0. The smallest absolute Gasteiger partial charge is 0.222 e. The number of nitrogens with one attached hydrogen (secondary N) is 1. The molecule has 0 aliphatic carbocycles. The van der Waals surface area contributed by atoms with E-state index in [-0.39, 0.29) is 18.1 Å². The maximum atomic E-state index is 12.3. The molecule has 19 heavy (non-hydrogen) atoms. The van der Waals surface area contributed by atoms with Gasteiger partial charge in [-0.05, 0) is 52.4 Å². The molecule has 3 unspecified atom stereocenters. The highest BCUT2D eigenvalue weighted by molar-refractivity contribution is 5.77. The van der Waals surface area contributed by atoms with Crippen LogP contribution in [0.4, 0.5) is 0 Å². The van der Waals surface area contributed by atoms with Crippen LogP contribution in [-0.4, -0.2) is 73.2 Å². The van der Waals surface area contributed by atoms with Crippen LogP contribution in [0, 0.1) is 5.92 Å². The van der Waals surface area contributed by atoms with Crippen LogP contribution in [0.5, 0.6) is 0 Å². The first-order valence-electron chi connectivity index (χ1n) is 7.39. The van der Waals surface area contributed by atoms with Crippen LogP contribution < -0.4 is 5.32 Å². The SMILES string of the molecule is CN(C)CC1CC(O)CN1C(=O)CCC1CCNC1. The first-order valence-corrected chi connectivity index (χ1v) is 7.39. The van der Waals surface area contributed by atoms with Gasteiger partial charge in [-0.1, -0.05) is 0 Å². The Hall–Kier alpha value is -0.650. The predicted molar refractivity (Wildman–Crippen MR) is 74.9 cm³/mol. The van der Waals surface area contributed by atoms with Crippen LogP contribution in [0.25, 0.3) is 0 Å². The summed E-state index contributed by atoms with van der Waals surface area (Å²) in [5, 5.41) is 13.1. The predicted octanol–water partition coefficient (Wildman–Crippen LogP) is -0.100. The third kappa shape index (κ3) is 4.16. The molecular formula is C14H27N3O2. The van der Waals surface area contributed by atoms with Gasteiger partial charge < -0.3 is 20.2 Å². The number of carbonyl (C=O) groups is 1. The number of hydrogen-bond donors (Lipinski definition) is 2. The Bertz CT molecular complexity index is 303. The number of nitrogens with zero attached hydrogens (tertiary/aromatic N) is 2. The largest absolute Gasteiger partial charge is 0.391 e. The molecule has 5 heteroatoms. The molecule has 3 atom stereocenters. The van der Waals surface area contributed by atoms with E-state index in [9.17, 15) is 9.90 Å². The summed E-state index contributed by atoms with van der Waals surface area (Å²) in [4.78, 5) is 16.3. The second kappa shape index (κ2) is 6.68. The van der Waals surface area contributed by atoms with Gasteiger partial charge in [0.25, 0.3) is 0 Å². The maximum absolute atomic E-state index is 12.3. The molecule has 2 aliphatic rings. The van der Waals surface area contributed by atoms with Gasteiger partial charge in [-0.25, -0.2) is 0 Å². The molecule has 2 N–H and O–H groups in total. The average molecular weight is 269 g/mol. The Morgan fingerprint density at radius 3 is 2.89 bits per heavy atom. The molecule has 0 aromatic heterocycles. The van der Waals surface area contributed by atoms with Crippen LogP contribution in [-0.2, 0) is 4.79 Å². The van der Waals surface area contributed by atoms with Gasteiger partial charge in [0.2, 0.25) is 5.91 Å². The van der Waals surface area contributed by atoms with Gasteiger partial charge in [0.05, 0.1) is 6.10 Å². The number of amides is 1. The number of aliphatic hydroxyl groups excluding tert-OH is 1. The molecule has 2 fully saturated rings. The van der Waals surface area contributed by atoms with Gasteiger partial charge in [-0.3, -0.25) is 4.79 Å². The number of β-amino-alcohol motifs (C(OH)–C–C–N with tert-alkyl or cyclic N) is 1. The van der Waals surface area contributed by atoms with Gasteiger partial charge >= 0.3 is 0 Å². The molecule has 2 heterocycles. The zero-order chi connectivity index (χ0) is 13.8. The van der Waals surface area contributed by atoms with E-state index in [2.05, 4.69) is 10.2 Å². The van der Waals surface area contributed by atoms with Gasteiger partial charge in [0.1, 0.15) is 0 Å². The number of likely N-dealkylation sites (tertiary alicyclic amines) is 1. The minimum Gasteiger partial charge on any atom is -0.391 e. The highest BCUT2D eigenvalue weighted by atomic mass is 16.3. The molecule has 2 aliphatic heterocycles. The van der Waals surface area contributed by atoms with E-state index in [0.29, 0.717) is 18.9 Å². The molecule has 0 aromatic rings. The van der Waals surface area contributed by atoms with E-state index in [1.54, 1.807) is 0 Å². The lowest BCUT2D eigenvalue weighted by atomic mass is 10.0. The molecule has 2 saturated heterocycles. The van der Waals surface area contributed by atoms with Crippen molar-refractivity contribution in [1.29, 1.82) is 0 Å². The molecule has 0 aromatic carbocycles. The zero-order valence-corrected chi connectivity index (χ0v) is 12.1. The van der Waals surface area contributed by atoms with Crippen molar-refractivity contribution in [3.63, 3.8) is 0 Å². The van der Waals surface area contributed by atoms with Crippen LogP contribution in [0.3, 0.4) is 0 Å². The molecule has 0 radical (unpaired) electrons. The number of hydrogen-bond acceptors (Lipinski definition) is 4. The topological polar surface area (TPSA) is 55.8 Å². The zero-order valence-electron chi connectivity index (χ0n) is 12.1. The van der Waals surface area contributed by atoms with E-state index < -0.39 is 0 Å². The van der Waals surface area contributed by atoms with E-state index in [4.69, 9.17) is 0 Å². The van der Waals surface area contributed by atoms with Crippen molar-refractivity contribution in [2.75, 3.05) is 40.3 Å². The lowest BCUT2D eigenvalue weighted by Gasteiger charge is -2.27. The van der Waals surface area contributed by atoms with E-state index >= 15 is 0 Å². The highest BCUT2D eigenvalue weighted by Crippen LogP contribution is 2.22. The van der Waals surface area contributed by atoms with Crippen molar-refractivity contribution < 1.29 is 9.90 Å². The lowest BCUT2D eigenvalue weighted by molar-refractivity contribution is -0.132. The monoisotopic (exact) mass is 269 g/mol. The molecule has 5 nitrogen and oxygen atoms in total. The van der Waals surface area contributed by atoms with Crippen LogP contribution >= 0.6 is 0 Å². The maximum Gasteiger partial charge on any atom is 0.222 e. The third-order valence-electron chi connectivity index (χ3n) is 4.22. The van der Waals surface area contributed by atoms with Gasteiger partial charge in [0, 0.05) is 25.6 Å². The number of rotatable bonds is 5. The molecule has 0 spiro atoms. The summed E-state index contributed by atoms with van der Waals surface area (Å²) in [7, 11) is 4.02. The Morgan fingerprint density at radius 2 is 2.26 bits per heavy atom. The summed E-state index contributed by atoms with van der Waals surface area (Å²) in [5.74, 6) is 0.874. The lowest BCUT2D eigenvalue weighted by Crippen LogP contribution is -2.41. The minimum absolute atomic E-state index is 0.180.